The zero-order valence-corrected chi connectivity index (χ0v) is 12.8. The average Bonchev–Trinajstić information content (AvgIpc) is 3.05. The van der Waals surface area contributed by atoms with E-state index in [-0.39, 0.29) is 0 Å². The summed E-state index contributed by atoms with van der Waals surface area (Å²) in [6, 6.07) is 24.7. The molecule has 3 nitrogen and oxygen atoms in total. The van der Waals surface area contributed by atoms with Crippen LogP contribution in [0.4, 0.5) is 0 Å². The molecule has 0 spiro atoms. The number of nitrogens with zero attached hydrogens (tertiary/aromatic N) is 2. The molecule has 23 heavy (non-hydrogen) atoms. The predicted octanol–water partition coefficient (Wildman–Crippen LogP) is 4.70. The second kappa shape index (κ2) is 5.61. The fraction of sp³-hybridized carbons (Fsp3) is 0.0500. The Labute approximate surface area is 134 Å². The van der Waals surface area contributed by atoms with Gasteiger partial charge in [-0.3, -0.25) is 4.57 Å². The minimum atomic E-state index is 0.850. The van der Waals surface area contributed by atoms with Crippen molar-refractivity contribution < 1.29 is 4.74 Å². The topological polar surface area (TPSA) is 27.1 Å². The van der Waals surface area contributed by atoms with Crippen LogP contribution >= 0.6 is 0 Å². The van der Waals surface area contributed by atoms with Crippen LogP contribution in [0.3, 0.4) is 0 Å². The third kappa shape index (κ3) is 2.46. The van der Waals surface area contributed by atoms with Crippen LogP contribution in [-0.2, 0) is 0 Å². The van der Waals surface area contributed by atoms with Crippen LogP contribution in [0.25, 0.3) is 27.8 Å². The Balaban J connectivity index is 1.84. The second-order valence-electron chi connectivity index (χ2n) is 5.38. The van der Waals surface area contributed by atoms with Crippen LogP contribution in [0.2, 0.25) is 0 Å². The zero-order valence-electron chi connectivity index (χ0n) is 12.8. The van der Waals surface area contributed by atoms with Crippen molar-refractivity contribution in [3.63, 3.8) is 0 Å². The van der Waals surface area contributed by atoms with Crippen LogP contribution in [0.5, 0.6) is 5.75 Å². The Morgan fingerprint density at radius 1 is 0.826 bits per heavy atom. The number of ether oxygens (including phenoxy) is 1. The van der Waals surface area contributed by atoms with E-state index in [0.29, 0.717) is 0 Å². The Bertz CT molecular complexity index is 940. The quantitative estimate of drug-likeness (QED) is 0.548. The molecule has 0 fully saturated rings. The lowest BCUT2D eigenvalue weighted by atomic mass is 10.1. The van der Waals surface area contributed by atoms with Gasteiger partial charge in [0.25, 0.3) is 0 Å². The largest absolute Gasteiger partial charge is 0.497 e. The maximum atomic E-state index is 5.23. The molecule has 0 amide bonds. The van der Waals surface area contributed by atoms with Gasteiger partial charge >= 0.3 is 0 Å². The summed E-state index contributed by atoms with van der Waals surface area (Å²) in [7, 11) is 1.67. The molecule has 4 aromatic rings. The summed E-state index contributed by atoms with van der Waals surface area (Å²) < 4.78 is 7.32. The molecule has 0 aliphatic carbocycles. The van der Waals surface area contributed by atoms with Crippen molar-refractivity contribution in [2.24, 2.45) is 0 Å². The molecule has 112 valence electrons. The van der Waals surface area contributed by atoms with Gasteiger partial charge in [-0.2, -0.15) is 0 Å². The van der Waals surface area contributed by atoms with Crippen molar-refractivity contribution in [1.29, 1.82) is 0 Å². The Morgan fingerprint density at radius 2 is 1.61 bits per heavy atom. The first kappa shape index (κ1) is 13.6. The highest BCUT2D eigenvalue weighted by Crippen LogP contribution is 2.26. The molecule has 1 aromatic heterocycles. The van der Waals surface area contributed by atoms with Gasteiger partial charge in [-0.15, -0.1) is 0 Å². The summed E-state index contributed by atoms with van der Waals surface area (Å²) >= 11 is 0. The normalized spacial score (nSPS) is 10.8. The molecular weight excluding hydrogens is 284 g/mol. The third-order valence-corrected chi connectivity index (χ3v) is 4.00. The molecule has 0 radical (unpaired) electrons. The first-order chi connectivity index (χ1) is 11.3. The van der Waals surface area contributed by atoms with Crippen molar-refractivity contribution >= 4 is 11.0 Å². The molecule has 0 bridgehead atoms. The Hall–Kier alpha value is -3.07. The number of methoxy groups -OCH3 is 1. The number of benzene rings is 3. The smallest absolute Gasteiger partial charge is 0.119 e. The van der Waals surface area contributed by atoms with Crippen molar-refractivity contribution in [1.82, 2.24) is 9.55 Å². The molecular formula is C20H16N2O. The van der Waals surface area contributed by atoms with Crippen LogP contribution < -0.4 is 4.74 Å². The number of hydrogen-bond donors (Lipinski definition) is 0. The molecule has 0 aliphatic heterocycles. The minimum Gasteiger partial charge on any atom is -0.497 e. The van der Waals surface area contributed by atoms with E-state index in [1.165, 1.54) is 11.1 Å². The van der Waals surface area contributed by atoms with Gasteiger partial charge in [-0.25, -0.2) is 4.98 Å². The van der Waals surface area contributed by atoms with E-state index >= 15 is 0 Å². The molecule has 0 saturated heterocycles. The molecule has 0 unspecified atom stereocenters. The lowest BCUT2D eigenvalue weighted by Crippen LogP contribution is -1.92. The SMILES string of the molecule is COc1ccc(-n2cnc3ccc(-c4ccccc4)cc32)cc1. The summed E-state index contributed by atoms with van der Waals surface area (Å²) in [5.41, 5.74) is 5.54. The third-order valence-electron chi connectivity index (χ3n) is 4.00. The van der Waals surface area contributed by atoms with E-state index < -0.39 is 0 Å². The van der Waals surface area contributed by atoms with Gasteiger partial charge < -0.3 is 4.74 Å². The van der Waals surface area contributed by atoms with E-state index in [0.717, 1.165) is 22.5 Å². The minimum absolute atomic E-state index is 0.850. The maximum absolute atomic E-state index is 5.23. The molecule has 3 aromatic carbocycles. The zero-order chi connectivity index (χ0) is 15.6. The van der Waals surface area contributed by atoms with E-state index in [9.17, 15) is 0 Å². The van der Waals surface area contributed by atoms with Gasteiger partial charge in [0.15, 0.2) is 0 Å². The van der Waals surface area contributed by atoms with E-state index in [1.807, 2.05) is 36.7 Å². The van der Waals surface area contributed by atoms with Crippen LogP contribution in [0, 0.1) is 0 Å². The summed E-state index contributed by atoms with van der Waals surface area (Å²) in [4.78, 5) is 4.50. The number of imidazole rings is 1. The average molecular weight is 300 g/mol. The van der Waals surface area contributed by atoms with E-state index in [1.54, 1.807) is 7.11 Å². The summed E-state index contributed by atoms with van der Waals surface area (Å²) in [5, 5.41) is 0. The van der Waals surface area contributed by atoms with Gasteiger partial charge in [-0.05, 0) is 47.5 Å². The summed E-state index contributed by atoms with van der Waals surface area (Å²) in [5.74, 6) is 0.850. The summed E-state index contributed by atoms with van der Waals surface area (Å²) in [6.45, 7) is 0. The highest BCUT2D eigenvalue weighted by atomic mass is 16.5. The molecule has 0 N–H and O–H groups in total. The number of rotatable bonds is 3. The molecule has 0 atom stereocenters. The highest BCUT2D eigenvalue weighted by Gasteiger charge is 2.07. The Morgan fingerprint density at radius 3 is 2.35 bits per heavy atom. The maximum Gasteiger partial charge on any atom is 0.119 e. The van der Waals surface area contributed by atoms with Gasteiger partial charge in [0.1, 0.15) is 12.1 Å². The monoisotopic (exact) mass is 300 g/mol. The lowest BCUT2D eigenvalue weighted by Gasteiger charge is -2.07. The fourth-order valence-electron chi connectivity index (χ4n) is 2.77. The first-order valence-electron chi connectivity index (χ1n) is 7.52. The standard InChI is InChI=1S/C20H16N2O/c1-23-18-10-8-17(9-11-18)22-14-21-19-12-7-16(13-20(19)22)15-5-3-2-4-6-15/h2-14H,1H3. The highest BCUT2D eigenvalue weighted by molar-refractivity contribution is 5.83. The van der Waals surface area contributed by atoms with Crippen LogP contribution in [0.15, 0.2) is 79.1 Å². The molecule has 3 heteroatoms. The van der Waals surface area contributed by atoms with Crippen LogP contribution in [-0.4, -0.2) is 16.7 Å². The van der Waals surface area contributed by atoms with Gasteiger partial charge in [0.05, 0.1) is 18.1 Å². The molecule has 0 saturated carbocycles. The fourth-order valence-corrected chi connectivity index (χ4v) is 2.77. The molecule has 0 aliphatic rings. The van der Waals surface area contributed by atoms with E-state index in [2.05, 4.69) is 52.0 Å². The first-order valence-corrected chi connectivity index (χ1v) is 7.52. The van der Waals surface area contributed by atoms with Crippen molar-refractivity contribution in [2.75, 3.05) is 7.11 Å². The summed E-state index contributed by atoms with van der Waals surface area (Å²) in [6.07, 6.45) is 1.86. The second-order valence-corrected chi connectivity index (χ2v) is 5.38. The van der Waals surface area contributed by atoms with Gasteiger partial charge in [0.2, 0.25) is 0 Å². The number of fused-ring (bicyclic) bond motifs is 1. The predicted molar refractivity (Wildman–Crippen MR) is 93.1 cm³/mol. The molecule has 1 heterocycles. The van der Waals surface area contributed by atoms with Gasteiger partial charge in [-0.1, -0.05) is 36.4 Å². The Kier molecular flexibility index (Phi) is 3.31. The van der Waals surface area contributed by atoms with E-state index in [4.69, 9.17) is 4.74 Å². The van der Waals surface area contributed by atoms with Gasteiger partial charge in [0, 0.05) is 5.69 Å². The van der Waals surface area contributed by atoms with Crippen molar-refractivity contribution in [2.45, 2.75) is 0 Å². The van der Waals surface area contributed by atoms with Crippen molar-refractivity contribution in [3.05, 3.63) is 79.1 Å². The number of aromatic nitrogens is 2. The van der Waals surface area contributed by atoms with Crippen molar-refractivity contribution in [3.8, 4) is 22.6 Å². The lowest BCUT2D eigenvalue weighted by molar-refractivity contribution is 0.415. The molecule has 4 rings (SSSR count). The number of hydrogen-bond acceptors (Lipinski definition) is 2. The van der Waals surface area contributed by atoms with Crippen LogP contribution in [0.1, 0.15) is 0 Å².